The smallest absolute Gasteiger partial charge is 0.0282 e. The van der Waals surface area contributed by atoms with Gasteiger partial charge in [0.25, 0.3) is 0 Å². The van der Waals surface area contributed by atoms with Crippen molar-refractivity contribution < 1.29 is 0 Å². The van der Waals surface area contributed by atoms with Crippen molar-refractivity contribution in [3.63, 3.8) is 0 Å². The molecule has 1 fully saturated rings. The summed E-state index contributed by atoms with van der Waals surface area (Å²) in [6, 6.07) is 0. The van der Waals surface area contributed by atoms with Gasteiger partial charge in [0.2, 0.25) is 0 Å². The third-order valence-corrected chi connectivity index (χ3v) is 3.77. The highest BCUT2D eigenvalue weighted by Gasteiger charge is 2.49. The molecular weight excluding hydrogens is 168 g/mol. The van der Waals surface area contributed by atoms with Crippen LogP contribution in [-0.4, -0.2) is 5.88 Å². The number of hydrogen-bond acceptors (Lipinski definition) is 0. The van der Waals surface area contributed by atoms with Crippen LogP contribution in [0.2, 0.25) is 0 Å². The molecule has 0 saturated heterocycles. The Morgan fingerprint density at radius 3 is 2.17 bits per heavy atom. The van der Waals surface area contributed by atoms with E-state index < -0.39 is 0 Å². The average Bonchev–Trinajstić information content (AvgIpc) is 2.57. The van der Waals surface area contributed by atoms with Crippen LogP contribution in [0.1, 0.15) is 47.0 Å². The SMILES string of the molecule is CC1CC1(CCl)CCC(C)(C)C. The molecule has 0 amide bonds. The summed E-state index contributed by atoms with van der Waals surface area (Å²) in [5, 5.41) is 0. The van der Waals surface area contributed by atoms with Crippen LogP contribution in [0.25, 0.3) is 0 Å². The van der Waals surface area contributed by atoms with Gasteiger partial charge in [-0.2, -0.15) is 0 Å². The molecular formula is C11H21Cl. The molecule has 0 spiro atoms. The zero-order valence-corrected chi connectivity index (χ0v) is 9.54. The van der Waals surface area contributed by atoms with Crippen molar-refractivity contribution in [2.75, 3.05) is 5.88 Å². The highest BCUT2D eigenvalue weighted by Crippen LogP contribution is 2.57. The van der Waals surface area contributed by atoms with Crippen LogP contribution >= 0.6 is 11.6 Å². The molecule has 1 heteroatoms. The highest BCUT2D eigenvalue weighted by molar-refractivity contribution is 6.18. The van der Waals surface area contributed by atoms with Crippen molar-refractivity contribution >= 4 is 11.6 Å². The third-order valence-electron chi connectivity index (χ3n) is 3.24. The van der Waals surface area contributed by atoms with Gasteiger partial charge in [0.05, 0.1) is 0 Å². The summed E-state index contributed by atoms with van der Waals surface area (Å²) < 4.78 is 0. The first kappa shape index (κ1) is 10.4. The van der Waals surface area contributed by atoms with E-state index in [1.54, 1.807) is 0 Å². The van der Waals surface area contributed by atoms with Crippen molar-refractivity contribution in [1.82, 2.24) is 0 Å². The van der Waals surface area contributed by atoms with Gasteiger partial charge < -0.3 is 0 Å². The molecule has 0 aromatic carbocycles. The molecule has 1 rings (SSSR count). The summed E-state index contributed by atoms with van der Waals surface area (Å²) in [6.45, 7) is 9.25. The lowest BCUT2D eigenvalue weighted by Gasteiger charge is -2.22. The minimum absolute atomic E-state index is 0.474. The van der Waals surface area contributed by atoms with Crippen LogP contribution in [0.4, 0.5) is 0 Å². The Bertz CT molecular complexity index is 153. The van der Waals surface area contributed by atoms with Gasteiger partial charge in [0.1, 0.15) is 0 Å². The van der Waals surface area contributed by atoms with Crippen LogP contribution in [-0.2, 0) is 0 Å². The van der Waals surface area contributed by atoms with Crippen molar-refractivity contribution in [1.29, 1.82) is 0 Å². The Morgan fingerprint density at radius 2 is 1.92 bits per heavy atom. The first-order valence-corrected chi connectivity index (χ1v) is 5.49. The quantitative estimate of drug-likeness (QED) is 0.586. The van der Waals surface area contributed by atoms with E-state index in [0.717, 1.165) is 11.8 Å². The second-order valence-corrected chi connectivity index (χ2v) is 5.93. The van der Waals surface area contributed by atoms with E-state index in [-0.39, 0.29) is 0 Å². The minimum atomic E-state index is 0.474. The first-order valence-electron chi connectivity index (χ1n) is 4.96. The second kappa shape index (κ2) is 3.21. The summed E-state index contributed by atoms with van der Waals surface area (Å²) in [7, 11) is 0. The lowest BCUT2D eigenvalue weighted by atomic mass is 9.85. The average molecular weight is 189 g/mol. The molecule has 1 aliphatic rings. The summed E-state index contributed by atoms with van der Waals surface area (Å²) >= 11 is 5.98. The van der Waals surface area contributed by atoms with Crippen molar-refractivity contribution in [3.05, 3.63) is 0 Å². The summed E-state index contributed by atoms with van der Waals surface area (Å²) in [5.74, 6) is 1.74. The van der Waals surface area contributed by atoms with Crippen molar-refractivity contribution in [2.45, 2.75) is 47.0 Å². The van der Waals surface area contributed by atoms with Gasteiger partial charge in [-0.15, -0.1) is 11.6 Å². The standard InChI is InChI=1S/C11H21Cl/c1-9-7-11(9,8-12)6-5-10(2,3)4/h9H,5-8H2,1-4H3. The van der Waals surface area contributed by atoms with E-state index in [1.165, 1.54) is 19.3 Å². The fraction of sp³-hybridized carbons (Fsp3) is 1.00. The van der Waals surface area contributed by atoms with E-state index in [2.05, 4.69) is 27.7 Å². The van der Waals surface area contributed by atoms with Crippen LogP contribution in [0.5, 0.6) is 0 Å². The van der Waals surface area contributed by atoms with Gasteiger partial charge in [0.15, 0.2) is 0 Å². The number of halogens is 1. The maximum atomic E-state index is 5.98. The van der Waals surface area contributed by atoms with E-state index in [9.17, 15) is 0 Å². The molecule has 1 aliphatic carbocycles. The number of hydrogen-bond donors (Lipinski definition) is 0. The fourth-order valence-electron chi connectivity index (χ4n) is 1.78. The topological polar surface area (TPSA) is 0 Å². The zero-order valence-electron chi connectivity index (χ0n) is 8.78. The molecule has 0 aromatic heterocycles. The van der Waals surface area contributed by atoms with Crippen LogP contribution in [0.15, 0.2) is 0 Å². The minimum Gasteiger partial charge on any atom is -0.126 e. The molecule has 0 N–H and O–H groups in total. The predicted molar refractivity (Wildman–Crippen MR) is 55.6 cm³/mol. The highest BCUT2D eigenvalue weighted by atomic mass is 35.5. The Hall–Kier alpha value is 0.290. The Labute approximate surface area is 81.7 Å². The fourth-order valence-corrected chi connectivity index (χ4v) is 2.28. The molecule has 0 nitrogen and oxygen atoms in total. The van der Waals surface area contributed by atoms with E-state index in [1.807, 2.05) is 0 Å². The molecule has 0 radical (unpaired) electrons. The van der Waals surface area contributed by atoms with E-state index in [0.29, 0.717) is 10.8 Å². The largest absolute Gasteiger partial charge is 0.126 e. The van der Waals surface area contributed by atoms with Gasteiger partial charge in [-0.1, -0.05) is 27.7 Å². The Morgan fingerprint density at radius 1 is 1.42 bits per heavy atom. The van der Waals surface area contributed by atoms with Gasteiger partial charge >= 0.3 is 0 Å². The monoisotopic (exact) mass is 188 g/mol. The maximum Gasteiger partial charge on any atom is 0.0282 e. The molecule has 2 unspecified atom stereocenters. The van der Waals surface area contributed by atoms with Gasteiger partial charge in [-0.25, -0.2) is 0 Å². The normalized spacial score (nSPS) is 35.2. The molecule has 12 heavy (non-hydrogen) atoms. The predicted octanol–water partition coefficient (Wildman–Crippen LogP) is 4.08. The number of alkyl halides is 1. The van der Waals surface area contributed by atoms with Crippen LogP contribution < -0.4 is 0 Å². The van der Waals surface area contributed by atoms with E-state index >= 15 is 0 Å². The van der Waals surface area contributed by atoms with Gasteiger partial charge in [-0.05, 0) is 36.0 Å². The van der Waals surface area contributed by atoms with Gasteiger partial charge in [0, 0.05) is 5.88 Å². The van der Waals surface area contributed by atoms with Gasteiger partial charge in [-0.3, -0.25) is 0 Å². The molecule has 0 aromatic rings. The Kier molecular flexibility index (Phi) is 2.78. The molecule has 0 heterocycles. The Balaban J connectivity index is 2.32. The molecule has 72 valence electrons. The zero-order chi connectivity index (χ0) is 9.41. The van der Waals surface area contributed by atoms with E-state index in [4.69, 9.17) is 11.6 Å². The summed E-state index contributed by atoms with van der Waals surface area (Å²) in [6.07, 6.45) is 3.98. The molecule has 0 aliphatic heterocycles. The van der Waals surface area contributed by atoms with Crippen LogP contribution in [0.3, 0.4) is 0 Å². The third kappa shape index (κ3) is 2.39. The lowest BCUT2D eigenvalue weighted by Crippen LogP contribution is -2.12. The first-order chi connectivity index (χ1) is 5.40. The van der Waals surface area contributed by atoms with Crippen LogP contribution in [0, 0.1) is 16.7 Å². The molecule has 1 saturated carbocycles. The molecule has 2 atom stereocenters. The number of rotatable bonds is 3. The maximum absolute atomic E-state index is 5.98. The summed E-state index contributed by atoms with van der Waals surface area (Å²) in [5.41, 5.74) is 0.996. The lowest BCUT2D eigenvalue weighted by molar-refractivity contribution is 0.314. The van der Waals surface area contributed by atoms with Crippen molar-refractivity contribution in [3.8, 4) is 0 Å². The summed E-state index contributed by atoms with van der Waals surface area (Å²) in [4.78, 5) is 0. The second-order valence-electron chi connectivity index (χ2n) is 5.66. The van der Waals surface area contributed by atoms with Crippen molar-refractivity contribution in [2.24, 2.45) is 16.7 Å². The molecule has 0 bridgehead atoms.